The van der Waals surface area contributed by atoms with Gasteiger partial charge in [-0.3, -0.25) is 9.59 Å². The van der Waals surface area contributed by atoms with Crippen molar-refractivity contribution in [1.82, 2.24) is 15.3 Å². The second-order valence-electron chi connectivity index (χ2n) is 5.19. The molecule has 0 fully saturated rings. The lowest BCUT2D eigenvalue weighted by molar-refractivity contribution is -0.119. The van der Waals surface area contributed by atoms with Crippen molar-refractivity contribution in [1.29, 1.82) is 0 Å². The fraction of sp³-hybridized carbons (Fsp3) is 0.267. The van der Waals surface area contributed by atoms with Gasteiger partial charge in [-0.15, -0.1) is 22.7 Å². The zero-order valence-electron chi connectivity index (χ0n) is 12.6. The Labute approximate surface area is 145 Å². The van der Waals surface area contributed by atoms with Gasteiger partial charge < -0.3 is 10.3 Å². The van der Waals surface area contributed by atoms with Crippen LogP contribution in [0.1, 0.15) is 13.8 Å². The van der Waals surface area contributed by atoms with E-state index in [1.54, 1.807) is 11.3 Å². The van der Waals surface area contributed by atoms with Crippen molar-refractivity contribution < 1.29 is 4.79 Å². The lowest BCUT2D eigenvalue weighted by atomic mass is 10.2. The number of H-pyrrole nitrogens is 1. The summed E-state index contributed by atoms with van der Waals surface area (Å²) in [5.74, 6) is 0.161. The molecule has 23 heavy (non-hydrogen) atoms. The van der Waals surface area contributed by atoms with Gasteiger partial charge in [0.05, 0.1) is 11.1 Å². The highest BCUT2D eigenvalue weighted by atomic mass is 32.2. The van der Waals surface area contributed by atoms with E-state index in [2.05, 4.69) is 15.3 Å². The van der Waals surface area contributed by atoms with Crippen molar-refractivity contribution in [3.63, 3.8) is 0 Å². The number of carbonyl (C=O) groups is 1. The van der Waals surface area contributed by atoms with Gasteiger partial charge in [0, 0.05) is 21.9 Å². The van der Waals surface area contributed by atoms with Crippen molar-refractivity contribution in [3.05, 3.63) is 33.2 Å². The zero-order chi connectivity index (χ0) is 16.4. The molecular weight excluding hydrogens is 350 g/mol. The summed E-state index contributed by atoms with van der Waals surface area (Å²) >= 11 is 4.28. The molecule has 0 radical (unpaired) electrons. The molecule has 0 spiro atoms. The van der Waals surface area contributed by atoms with Crippen LogP contribution in [0, 0.1) is 0 Å². The number of aromatic amines is 1. The molecule has 0 bridgehead atoms. The molecule has 0 aliphatic carbocycles. The van der Waals surface area contributed by atoms with E-state index in [1.165, 1.54) is 23.1 Å². The second kappa shape index (κ2) is 6.86. The Morgan fingerprint density at radius 2 is 2.26 bits per heavy atom. The molecule has 3 aromatic heterocycles. The van der Waals surface area contributed by atoms with Gasteiger partial charge in [-0.1, -0.05) is 17.8 Å². The largest absolute Gasteiger partial charge is 0.353 e. The first-order valence-corrected chi connectivity index (χ1v) is 9.76. The Kier molecular flexibility index (Phi) is 4.84. The number of carbonyl (C=O) groups excluding carboxylic acids is 1. The van der Waals surface area contributed by atoms with Crippen molar-refractivity contribution in [2.24, 2.45) is 0 Å². The van der Waals surface area contributed by atoms with E-state index >= 15 is 0 Å². The van der Waals surface area contributed by atoms with Gasteiger partial charge >= 0.3 is 0 Å². The second-order valence-corrected chi connectivity index (χ2v) is 7.96. The number of hydrogen-bond acceptors (Lipinski definition) is 6. The fourth-order valence-corrected chi connectivity index (χ4v) is 4.60. The van der Waals surface area contributed by atoms with Gasteiger partial charge in [-0.2, -0.15) is 0 Å². The summed E-state index contributed by atoms with van der Waals surface area (Å²) in [6.07, 6.45) is 0. The molecule has 8 heteroatoms. The number of hydrogen-bond donors (Lipinski definition) is 2. The Morgan fingerprint density at radius 3 is 2.96 bits per heavy atom. The lowest BCUT2D eigenvalue weighted by Crippen LogP contribution is -2.31. The molecule has 0 aliphatic rings. The SMILES string of the molecule is CC(C)NC(=O)CSc1nc2scc(-c3cccs3)c2c(=O)[nH]1. The molecule has 0 aromatic carbocycles. The van der Waals surface area contributed by atoms with Gasteiger partial charge in [-0.05, 0) is 25.3 Å². The molecule has 3 heterocycles. The Hall–Kier alpha value is -1.64. The molecule has 0 saturated heterocycles. The van der Waals surface area contributed by atoms with Crippen LogP contribution in [-0.2, 0) is 4.79 Å². The van der Waals surface area contributed by atoms with Crippen LogP contribution in [0.2, 0.25) is 0 Å². The maximum absolute atomic E-state index is 12.4. The molecule has 2 N–H and O–H groups in total. The summed E-state index contributed by atoms with van der Waals surface area (Å²) in [4.78, 5) is 33.1. The first kappa shape index (κ1) is 16.2. The molecule has 1 amide bonds. The maximum Gasteiger partial charge on any atom is 0.260 e. The van der Waals surface area contributed by atoms with Gasteiger partial charge in [0.15, 0.2) is 5.16 Å². The lowest BCUT2D eigenvalue weighted by Gasteiger charge is -2.07. The van der Waals surface area contributed by atoms with E-state index < -0.39 is 0 Å². The first-order valence-electron chi connectivity index (χ1n) is 7.02. The molecule has 0 atom stereocenters. The summed E-state index contributed by atoms with van der Waals surface area (Å²) in [5.41, 5.74) is 0.759. The van der Waals surface area contributed by atoms with Crippen LogP contribution in [0.4, 0.5) is 0 Å². The highest BCUT2D eigenvalue weighted by Gasteiger charge is 2.14. The molecule has 5 nitrogen and oxygen atoms in total. The summed E-state index contributed by atoms with van der Waals surface area (Å²) in [7, 11) is 0. The number of nitrogens with zero attached hydrogens (tertiary/aromatic N) is 1. The minimum absolute atomic E-state index is 0.0711. The minimum atomic E-state index is -0.161. The summed E-state index contributed by atoms with van der Waals surface area (Å²) in [6, 6.07) is 4.05. The smallest absolute Gasteiger partial charge is 0.260 e. The van der Waals surface area contributed by atoms with E-state index in [0.29, 0.717) is 15.4 Å². The normalized spacial score (nSPS) is 11.3. The minimum Gasteiger partial charge on any atom is -0.353 e. The monoisotopic (exact) mass is 365 g/mol. The van der Waals surface area contributed by atoms with Crippen molar-refractivity contribution in [3.8, 4) is 10.4 Å². The highest BCUT2D eigenvalue weighted by Crippen LogP contribution is 2.33. The summed E-state index contributed by atoms with van der Waals surface area (Å²) < 4.78 is 0. The Morgan fingerprint density at radius 1 is 1.43 bits per heavy atom. The van der Waals surface area contributed by atoms with Crippen molar-refractivity contribution in [2.45, 2.75) is 25.0 Å². The first-order chi connectivity index (χ1) is 11.0. The van der Waals surface area contributed by atoms with E-state index in [4.69, 9.17) is 0 Å². The molecule has 0 unspecified atom stereocenters. The van der Waals surface area contributed by atoms with Gasteiger partial charge in [0.1, 0.15) is 4.83 Å². The zero-order valence-corrected chi connectivity index (χ0v) is 15.0. The van der Waals surface area contributed by atoms with Crippen LogP contribution in [0.5, 0.6) is 0 Å². The number of thioether (sulfide) groups is 1. The summed E-state index contributed by atoms with van der Waals surface area (Å²) in [6.45, 7) is 3.82. The van der Waals surface area contributed by atoms with Crippen LogP contribution in [0.3, 0.4) is 0 Å². The van der Waals surface area contributed by atoms with E-state index in [9.17, 15) is 9.59 Å². The number of aromatic nitrogens is 2. The summed E-state index contributed by atoms with van der Waals surface area (Å²) in [5, 5.41) is 7.85. The van der Waals surface area contributed by atoms with Gasteiger partial charge in [0.2, 0.25) is 5.91 Å². The van der Waals surface area contributed by atoms with Crippen LogP contribution in [-0.4, -0.2) is 27.7 Å². The molecule has 0 aliphatic heterocycles. The van der Waals surface area contributed by atoms with Crippen LogP contribution >= 0.6 is 34.4 Å². The Bertz CT molecular complexity index is 881. The van der Waals surface area contributed by atoms with Crippen LogP contribution < -0.4 is 10.9 Å². The predicted octanol–water partition coefficient (Wildman–Crippen LogP) is 3.33. The number of nitrogens with one attached hydrogen (secondary N) is 2. The topological polar surface area (TPSA) is 74.8 Å². The number of thiophene rings is 2. The molecule has 3 rings (SSSR count). The molecule has 3 aromatic rings. The van der Waals surface area contributed by atoms with Crippen LogP contribution in [0.15, 0.2) is 32.8 Å². The van der Waals surface area contributed by atoms with Gasteiger partial charge in [-0.25, -0.2) is 4.98 Å². The van der Waals surface area contributed by atoms with Gasteiger partial charge in [0.25, 0.3) is 5.56 Å². The number of rotatable bonds is 5. The highest BCUT2D eigenvalue weighted by molar-refractivity contribution is 7.99. The maximum atomic E-state index is 12.4. The predicted molar refractivity (Wildman–Crippen MR) is 97.6 cm³/mol. The Balaban J connectivity index is 1.85. The molecular formula is C15H15N3O2S3. The van der Waals surface area contributed by atoms with Crippen molar-refractivity contribution in [2.75, 3.05) is 5.75 Å². The van der Waals surface area contributed by atoms with E-state index in [0.717, 1.165) is 10.4 Å². The average Bonchev–Trinajstić information content (AvgIpc) is 3.13. The van der Waals surface area contributed by atoms with Crippen LogP contribution in [0.25, 0.3) is 20.7 Å². The van der Waals surface area contributed by atoms with E-state index in [-0.39, 0.29) is 23.3 Å². The third-order valence-electron chi connectivity index (χ3n) is 3.00. The number of amides is 1. The number of fused-ring (bicyclic) bond motifs is 1. The quantitative estimate of drug-likeness (QED) is 0.537. The third-order valence-corrected chi connectivity index (χ3v) is 5.65. The van der Waals surface area contributed by atoms with Crippen molar-refractivity contribution >= 4 is 50.6 Å². The van der Waals surface area contributed by atoms with E-state index in [1.807, 2.05) is 36.7 Å². The third kappa shape index (κ3) is 3.65. The average molecular weight is 366 g/mol. The molecule has 0 saturated carbocycles. The molecule has 120 valence electrons. The standard InChI is InChI=1S/C15H15N3O2S3/c1-8(2)16-11(19)7-23-15-17-13(20)12-9(6-22-14(12)18-15)10-4-3-5-21-10/h3-6,8H,7H2,1-2H3,(H,16,19)(H,17,18,20). The fourth-order valence-electron chi connectivity index (χ4n) is 2.11.